The third-order valence-electron chi connectivity index (χ3n) is 2.82. The number of benzene rings is 2. The Bertz CT molecular complexity index is 744. The number of nitrogens with one attached hydrogen (secondary N) is 3. The molecule has 0 fully saturated rings. The predicted octanol–water partition coefficient (Wildman–Crippen LogP) is 4.20. The van der Waals surface area contributed by atoms with Gasteiger partial charge >= 0.3 is 6.03 Å². The average Bonchev–Trinajstić information content (AvgIpc) is 2.49. The summed E-state index contributed by atoms with van der Waals surface area (Å²) in [5.74, 6) is -0.164. The monoisotopic (exact) mass is 373 g/mol. The minimum Gasteiger partial charge on any atom is -0.326 e. The van der Waals surface area contributed by atoms with Crippen LogP contribution in [0.3, 0.4) is 0 Å². The van der Waals surface area contributed by atoms with Gasteiger partial charge < -0.3 is 16.0 Å². The molecular formula is C17H16BrN3O2. The second-order valence-corrected chi connectivity index (χ2v) is 5.57. The third kappa shape index (κ3) is 5.60. The van der Waals surface area contributed by atoms with Gasteiger partial charge in [-0.05, 0) is 35.9 Å². The summed E-state index contributed by atoms with van der Waals surface area (Å²) in [6.45, 7) is 1.43. The van der Waals surface area contributed by atoms with Gasteiger partial charge in [0.05, 0.1) is 0 Å². The molecule has 23 heavy (non-hydrogen) atoms. The smallest absolute Gasteiger partial charge is 0.323 e. The second-order valence-electron chi connectivity index (χ2n) is 4.72. The number of rotatable bonds is 4. The van der Waals surface area contributed by atoms with E-state index in [-0.39, 0.29) is 11.9 Å². The summed E-state index contributed by atoms with van der Waals surface area (Å²) in [5.41, 5.74) is 2.17. The summed E-state index contributed by atoms with van der Waals surface area (Å²) >= 11 is 3.43. The van der Waals surface area contributed by atoms with Crippen LogP contribution in [0.1, 0.15) is 12.5 Å². The van der Waals surface area contributed by atoms with Crippen molar-refractivity contribution in [3.63, 3.8) is 0 Å². The molecule has 3 amide bonds. The molecule has 5 nitrogen and oxygen atoms in total. The molecule has 0 aromatic heterocycles. The Morgan fingerprint density at radius 2 is 1.70 bits per heavy atom. The zero-order valence-electron chi connectivity index (χ0n) is 12.5. The molecule has 0 saturated heterocycles. The number of carbonyl (C=O) groups excluding carboxylic acids is 2. The second kappa shape index (κ2) is 8.14. The number of hydrogen-bond donors (Lipinski definition) is 3. The number of hydrogen-bond acceptors (Lipinski definition) is 2. The Morgan fingerprint density at radius 3 is 2.39 bits per heavy atom. The van der Waals surface area contributed by atoms with Gasteiger partial charge in [0.2, 0.25) is 5.91 Å². The molecule has 0 aliphatic rings. The number of amides is 3. The Kier molecular flexibility index (Phi) is 5.94. The van der Waals surface area contributed by atoms with Crippen LogP contribution in [-0.2, 0) is 4.79 Å². The molecule has 0 saturated carbocycles. The van der Waals surface area contributed by atoms with Crippen molar-refractivity contribution in [3.05, 3.63) is 64.8 Å². The Balaban J connectivity index is 1.92. The van der Waals surface area contributed by atoms with E-state index in [4.69, 9.17) is 0 Å². The number of urea groups is 1. The molecule has 0 spiro atoms. The molecule has 2 aromatic carbocycles. The van der Waals surface area contributed by atoms with Crippen LogP contribution in [-0.4, -0.2) is 11.9 Å². The van der Waals surface area contributed by atoms with Gasteiger partial charge in [0.25, 0.3) is 0 Å². The zero-order valence-corrected chi connectivity index (χ0v) is 14.1. The summed E-state index contributed by atoms with van der Waals surface area (Å²) in [4.78, 5) is 22.9. The highest BCUT2D eigenvalue weighted by molar-refractivity contribution is 9.10. The molecular weight excluding hydrogens is 358 g/mol. The molecule has 0 heterocycles. The maximum Gasteiger partial charge on any atom is 0.323 e. The van der Waals surface area contributed by atoms with Crippen LogP contribution < -0.4 is 16.0 Å². The maximum absolute atomic E-state index is 11.8. The Morgan fingerprint density at radius 1 is 1.00 bits per heavy atom. The van der Waals surface area contributed by atoms with Crippen molar-refractivity contribution >= 4 is 45.3 Å². The molecule has 0 aliphatic carbocycles. The molecule has 0 unspecified atom stereocenters. The van der Waals surface area contributed by atoms with Gasteiger partial charge in [-0.15, -0.1) is 0 Å². The van der Waals surface area contributed by atoms with E-state index in [1.807, 2.05) is 24.3 Å². The maximum atomic E-state index is 11.8. The van der Waals surface area contributed by atoms with E-state index in [1.54, 1.807) is 36.5 Å². The summed E-state index contributed by atoms with van der Waals surface area (Å²) in [7, 11) is 0. The minimum atomic E-state index is -0.367. The van der Waals surface area contributed by atoms with Crippen molar-refractivity contribution in [3.8, 4) is 0 Å². The van der Waals surface area contributed by atoms with Crippen molar-refractivity contribution in [1.82, 2.24) is 5.32 Å². The SMILES string of the molecule is CC(=O)Nc1cccc(NC(=O)N/C=C/c2ccccc2Br)c1. The van der Waals surface area contributed by atoms with E-state index in [0.717, 1.165) is 10.0 Å². The van der Waals surface area contributed by atoms with Crippen LogP contribution in [0.15, 0.2) is 59.2 Å². The highest BCUT2D eigenvalue weighted by Gasteiger charge is 2.01. The molecule has 0 radical (unpaired) electrons. The van der Waals surface area contributed by atoms with Crippen LogP contribution in [0.5, 0.6) is 0 Å². The molecule has 6 heteroatoms. The lowest BCUT2D eigenvalue weighted by Gasteiger charge is -2.07. The minimum absolute atomic E-state index is 0.164. The number of halogens is 1. The predicted molar refractivity (Wildman–Crippen MR) is 96.1 cm³/mol. The van der Waals surface area contributed by atoms with Crippen LogP contribution in [0.25, 0.3) is 6.08 Å². The first-order valence-electron chi connectivity index (χ1n) is 6.91. The topological polar surface area (TPSA) is 70.2 Å². The normalized spacial score (nSPS) is 10.3. The Hall–Kier alpha value is -2.60. The van der Waals surface area contributed by atoms with Crippen molar-refractivity contribution < 1.29 is 9.59 Å². The van der Waals surface area contributed by atoms with Crippen LogP contribution in [0.4, 0.5) is 16.2 Å². The molecule has 3 N–H and O–H groups in total. The third-order valence-corrected chi connectivity index (χ3v) is 3.55. The lowest BCUT2D eigenvalue weighted by Crippen LogP contribution is -2.23. The average molecular weight is 374 g/mol. The molecule has 2 aromatic rings. The van der Waals surface area contributed by atoms with Crippen molar-refractivity contribution in [2.75, 3.05) is 10.6 Å². The van der Waals surface area contributed by atoms with Gasteiger partial charge in [0, 0.05) is 29.0 Å². The van der Waals surface area contributed by atoms with E-state index in [1.165, 1.54) is 6.92 Å². The van der Waals surface area contributed by atoms with Crippen LogP contribution >= 0.6 is 15.9 Å². The summed E-state index contributed by atoms with van der Waals surface area (Å²) in [5, 5.41) is 7.98. The Labute approximate surface area is 142 Å². The first-order chi connectivity index (χ1) is 11.0. The van der Waals surface area contributed by atoms with Crippen molar-refractivity contribution in [2.45, 2.75) is 6.92 Å². The largest absolute Gasteiger partial charge is 0.326 e. The summed E-state index contributed by atoms with van der Waals surface area (Å²) in [6, 6.07) is 14.2. The first-order valence-corrected chi connectivity index (χ1v) is 7.70. The van der Waals surface area contributed by atoms with Crippen molar-refractivity contribution in [1.29, 1.82) is 0 Å². The number of anilines is 2. The summed E-state index contributed by atoms with van der Waals surface area (Å²) < 4.78 is 0.946. The van der Waals surface area contributed by atoms with Gasteiger partial charge in [-0.1, -0.05) is 40.2 Å². The standard InChI is InChI=1S/C17H16BrN3O2/c1-12(22)20-14-6-4-7-15(11-14)21-17(23)19-10-9-13-5-2-3-8-16(13)18/h2-11H,1H3,(H,20,22)(H2,19,21,23)/b10-9+. The molecule has 118 valence electrons. The summed E-state index contributed by atoms with van der Waals surface area (Å²) in [6.07, 6.45) is 3.35. The van der Waals surface area contributed by atoms with E-state index in [0.29, 0.717) is 11.4 Å². The molecule has 2 rings (SSSR count). The van der Waals surface area contributed by atoms with Gasteiger partial charge in [-0.2, -0.15) is 0 Å². The first kappa shape index (κ1) is 16.8. The van der Waals surface area contributed by atoms with Gasteiger partial charge in [0.1, 0.15) is 0 Å². The number of carbonyl (C=O) groups is 2. The zero-order chi connectivity index (χ0) is 16.7. The molecule has 0 aliphatic heterocycles. The lowest BCUT2D eigenvalue weighted by molar-refractivity contribution is -0.114. The fourth-order valence-corrected chi connectivity index (χ4v) is 2.28. The van der Waals surface area contributed by atoms with E-state index < -0.39 is 0 Å². The van der Waals surface area contributed by atoms with Crippen molar-refractivity contribution in [2.24, 2.45) is 0 Å². The quantitative estimate of drug-likeness (QED) is 0.751. The van der Waals surface area contributed by atoms with E-state index in [9.17, 15) is 9.59 Å². The molecule has 0 bridgehead atoms. The van der Waals surface area contributed by atoms with E-state index >= 15 is 0 Å². The highest BCUT2D eigenvalue weighted by Crippen LogP contribution is 2.17. The lowest BCUT2D eigenvalue weighted by atomic mass is 10.2. The highest BCUT2D eigenvalue weighted by atomic mass is 79.9. The fraction of sp³-hybridized carbons (Fsp3) is 0.0588. The molecule has 0 atom stereocenters. The van der Waals surface area contributed by atoms with Gasteiger partial charge in [-0.3, -0.25) is 4.79 Å². The van der Waals surface area contributed by atoms with Gasteiger partial charge in [0.15, 0.2) is 0 Å². The van der Waals surface area contributed by atoms with Gasteiger partial charge in [-0.25, -0.2) is 4.79 Å². The van der Waals surface area contributed by atoms with Crippen LogP contribution in [0.2, 0.25) is 0 Å². The van der Waals surface area contributed by atoms with Crippen LogP contribution in [0, 0.1) is 0 Å². The fourth-order valence-electron chi connectivity index (χ4n) is 1.86. The van der Waals surface area contributed by atoms with E-state index in [2.05, 4.69) is 31.9 Å².